The van der Waals surface area contributed by atoms with E-state index in [4.69, 9.17) is 11.6 Å². The second kappa shape index (κ2) is 9.12. The first-order valence-corrected chi connectivity index (χ1v) is 13.7. The van der Waals surface area contributed by atoms with E-state index in [1.54, 1.807) is 22.4 Å². The lowest BCUT2D eigenvalue weighted by molar-refractivity contribution is 0.360. The van der Waals surface area contributed by atoms with E-state index in [2.05, 4.69) is 23.1 Å². The number of piperidine rings is 1. The van der Waals surface area contributed by atoms with Gasteiger partial charge in [-0.25, -0.2) is 13.6 Å². The second-order valence-electron chi connectivity index (χ2n) is 8.87. The van der Waals surface area contributed by atoms with Crippen molar-refractivity contribution in [1.82, 2.24) is 9.55 Å². The molecule has 9 heteroatoms. The van der Waals surface area contributed by atoms with Crippen molar-refractivity contribution in [1.29, 1.82) is 0 Å². The van der Waals surface area contributed by atoms with Crippen LogP contribution in [-0.4, -0.2) is 40.4 Å². The van der Waals surface area contributed by atoms with Crippen molar-refractivity contribution in [2.75, 3.05) is 35.8 Å². The van der Waals surface area contributed by atoms with Crippen molar-refractivity contribution < 1.29 is 8.78 Å². The predicted molar refractivity (Wildman–Crippen MR) is 135 cm³/mol. The first-order chi connectivity index (χ1) is 15.9. The average molecular weight is 508 g/mol. The minimum atomic E-state index is -0.674. The maximum absolute atomic E-state index is 14.8. The highest BCUT2D eigenvalue weighted by atomic mass is 35.5. The minimum Gasteiger partial charge on any atom is -0.355 e. The molecule has 0 amide bonds. The van der Waals surface area contributed by atoms with Crippen LogP contribution in [0.4, 0.5) is 14.6 Å². The van der Waals surface area contributed by atoms with Crippen LogP contribution in [-0.2, 0) is 6.54 Å². The molecule has 33 heavy (non-hydrogen) atoms. The third kappa shape index (κ3) is 4.15. The monoisotopic (exact) mass is 507 g/mol. The lowest BCUT2D eigenvalue weighted by Crippen LogP contribution is -2.42. The van der Waals surface area contributed by atoms with Crippen LogP contribution >= 0.6 is 35.1 Å². The Hall–Kier alpha value is -1.77. The van der Waals surface area contributed by atoms with E-state index in [1.807, 2.05) is 11.8 Å². The predicted octanol–water partition coefficient (Wildman–Crippen LogP) is 5.93. The highest BCUT2D eigenvalue weighted by molar-refractivity contribution is 7.99. The second-order valence-corrected chi connectivity index (χ2v) is 11.3. The Bertz CT molecular complexity index is 1300. The summed E-state index contributed by atoms with van der Waals surface area (Å²) in [7, 11) is 0. The van der Waals surface area contributed by atoms with Gasteiger partial charge in [0.2, 0.25) is 0 Å². The SMILES string of the molecule is CSCC1CC(C)CN(c2nc(=O)n3c4c(c(-c5ccc(F)cc5F)c(Cl)cc24)SCC3)C1. The Morgan fingerprint density at radius 2 is 2.09 bits per heavy atom. The molecule has 5 rings (SSSR count). The fraction of sp³-hybridized carbons (Fsp3) is 0.417. The van der Waals surface area contributed by atoms with Gasteiger partial charge in [-0.05, 0) is 48.5 Å². The summed E-state index contributed by atoms with van der Waals surface area (Å²) >= 11 is 10.1. The highest BCUT2D eigenvalue weighted by Crippen LogP contribution is 2.46. The van der Waals surface area contributed by atoms with Crippen molar-refractivity contribution in [2.24, 2.45) is 11.8 Å². The maximum atomic E-state index is 14.8. The van der Waals surface area contributed by atoms with Gasteiger partial charge < -0.3 is 4.90 Å². The van der Waals surface area contributed by atoms with Gasteiger partial charge >= 0.3 is 5.69 Å². The molecule has 0 radical (unpaired) electrons. The maximum Gasteiger partial charge on any atom is 0.350 e. The standard InChI is InChI=1S/C24H24ClF2N3OS2/c1-13-7-14(12-32-2)11-29(10-13)23-17-9-18(25)20(16-4-3-15(26)8-19(16)27)22-21(17)30(5-6-33-22)24(31)28-23/h3-4,8-9,13-14H,5-7,10-12H2,1-2H3. The summed E-state index contributed by atoms with van der Waals surface area (Å²) in [6.45, 7) is 4.42. The highest BCUT2D eigenvalue weighted by Gasteiger charge is 2.30. The molecule has 174 valence electrons. The first kappa shape index (κ1) is 23.0. The van der Waals surface area contributed by atoms with Gasteiger partial charge in [-0.15, -0.1) is 11.8 Å². The summed E-state index contributed by atoms with van der Waals surface area (Å²) in [5, 5.41) is 1.18. The molecule has 2 atom stereocenters. The molecular weight excluding hydrogens is 484 g/mol. The van der Waals surface area contributed by atoms with Crippen LogP contribution < -0.4 is 10.6 Å². The third-order valence-electron chi connectivity index (χ3n) is 6.36. The zero-order valence-electron chi connectivity index (χ0n) is 18.4. The van der Waals surface area contributed by atoms with Crippen molar-refractivity contribution >= 4 is 51.8 Å². The van der Waals surface area contributed by atoms with E-state index in [9.17, 15) is 13.6 Å². The van der Waals surface area contributed by atoms with Crippen LogP contribution in [0.15, 0.2) is 34.0 Å². The summed E-state index contributed by atoms with van der Waals surface area (Å²) in [5.74, 6) is 2.05. The zero-order valence-corrected chi connectivity index (χ0v) is 20.8. The van der Waals surface area contributed by atoms with Gasteiger partial charge in [-0.1, -0.05) is 18.5 Å². The molecule has 1 fully saturated rings. The smallest absolute Gasteiger partial charge is 0.350 e. The van der Waals surface area contributed by atoms with Gasteiger partial charge in [0.25, 0.3) is 0 Å². The van der Waals surface area contributed by atoms with Gasteiger partial charge in [-0.3, -0.25) is 4.57 Å². The Kier molecular flexibility index (Phi) is 6.35. The molecule has 2 aromatic carbocycles. The molecule has 2 aliphatic rings. The van der Waals surface area contributed by atoms with Crippen LogP contribution in [0.25, 0.3) is 22.0 Å². The van der Waals surface area contributed by atoms with Crippen molar-refractivity contribution in [3.63, 3.8) is 0 Å². The number of halogens is 3. The fourth-order valence-electron chi connectivity index (χ4n) is 5.14. The number of hydrogen-bond acceptors (Lipinski definition) is 5. The molecule has 2 aliphatic heterocycles. The Morgan fingerprint density at radius 1 is 1.27 bits per heavy atom. The van der Waals surface area contributed by atoms with Gasteiger partial charge in [0.05, 0.1) is 10.5 Å². The van der Waals surface area contributed by atoms with Gasteiger partial charge in [0.15, 0.2) is 0 Å². The molecule has 0 aliphatic carbocycles. The molecule has 3 aromatic rings. The summed E-state index contributed by atoms with van der Waals surface area (Å²) in [4.78, 5) is 20.6. The number of thioether (sulfide) groups is 2. The molecule has 0 bridgehead atoms. The van der Waals surface area contributed by atoms with Crippen LogP contribution in [0.1, 0.15) is 13.3 Å². The minimum absolute atomic E-state index is 0.233. The number of benzene rings is 2. The Balaban J connectivity index is 1.74. The van der Waals surface area contributed by atoms with Gasteiger partial charge in [-0.2, -0.15) is 16.7 Å². The van der Waals surface area contributed by atoms with Gasteiger partial charge in [0, 0.05) is 52.9 Å². The topological polar surface area (TPSA) is 38.1 Å². The molecule has 1 aromatic heterocycles. The molecular formula is C24H24ClF2N3OS2. The van der Waals surface area contributed by atoms with Crippen LogP contribution in [0.3, 0.4) is 0 Å². The number of aryl methyl sites for hydroxylation is 1. The van der Waals surface area contributed by atoms with E-state index in [0.29, 0.717) is 40.5 Å². The number of anilines is 1. The number of aromatic nitrogens is 2. The van der Waals surface area contributed by atoms with E-state index in [-0.39, 0.29) is 11.3 Å². The first-order valence-electron chi connectivity index (χ1n) is 11.0. The van der Waals surface area contributed by atoms with Crippen LogP contribution in [0, 0.1) is 23.5 Å². The van der Waals surface area contributed by atoms with Crippen molar-refractivity contribution in [2.45, 2.75) is 24.8 Å². The van der Waals surface area contributed by atoms with Crippen molar-refractivity contribution in [3.05, 3.63) is 51.4 Å². The quantitative estimate of drug-likeness (QED) is 0.438. The van der Waals surface area contributed by atoms with Crippen molar-refractivity contribution in [3.8, 4) is 11.1 Å². The zero-order chi connectivity index (χ0) is 23.3. The molecule has 0 spiro atoms. The fourth-order valence-corrected chi connectivity index (χ4v) is 7.42. The number of rotatable bonds is 4. The number of hydrogen-bond donors (Lipinski definition) is 0. The molecule has 0 saturated carbocycles. The normalized spacial score (nSPS) is 20.5. The third-order valence-corrected chi connectivity index (χ3v) is 8.54. The average Bonchev–Trinajstić information content (AvgIpc) is 2.77. The van der Waals surface area contributed by atoms with E-state index in [1.165, 1.54) is 12.1 Å². The van der Waals surface area contributed by atoms with E-state index < -0.39 is 11.6 Å². The molecule has 0 N–H and O–H groups in total. The number of nitrogens with zero attached hydrogens (tertiary/aromatic N) is 3. The molecule has 3 heterocycles. The van der Waals surface area contributed by atoms with Crippen LogP contribution in [0.5, 0.6) is 0 Å². The summed E-state index contributed by atoms with van der Waals surface area (Å²) < 4.78 is 30.0. The summed E-state index contributed by atoms with van der Waals surface area (Å²) in [5.41, 5.74) is 1.18. The van der Waals surface area contributed by atoms with E-state index in [0.717, 1.165) is 47.1 Å². The largest absolute Gasteiger partial charge is 0.355 e. The van der Waals surface area contributed by atoms with Crippen LogP contribution in [0.2, 0.25) is 5.02 Å². The molecule has 4 nitrogen and oxygen atoms in total. The lowest BCUT2D eigenvalue weighted by atomic mass is 9.91. The molecule has 1 saturated heterocycles. The lowest BCUT2D eigenvalue weighted by Gasteiger charge is -2.38. The van der Waals surface area contributed by atoms with E-state index >= 15 is 0 Å². The summed E-state index contributed by atoms with van der Waals surface area (Å²) in [6.07, 6.45) is 3.27. The molecule has 2 unspecified atom stereocenters. The Morgan fingerprint density at radius 3 is 2.85 bits per heavy atom. The van der Waals surface area contributed by atoms with Gasteiger partial charge in [0.1, 0.15) is 17.5 Å². The Labute approximate surface area is 204 Å². The summed E-state index contributed by atoms with van der Waals surface area (Å²) in [6, 6.07) is 5.30.